The third-order valence-corrected chi connectivity index (χ3v) is 4.11. The third kappa shape index (κ3) is 3.65. The van der Waals surface area contributed by atoms with Crippen molar-refractivity contribution in [2.24, 2.45) is 0 Å². The van der Waals surface area contributed by atoms with Gasteiger partial charge in [-0.15, -0.1) is 0 Å². The normalized spacial score (nSPS) is 11.0. The van der Waals surface area contributed by atoms with Crippen molar-refractivity contribution in [2.45, 2.75) is 26.3 Å². The van der Waals surface area contributed by atoms with Gasteiger partial charge in [-0.3, -0.25) is 0 Å². The van der Waals surface area contributed by atoms with Crippen LogP contribution in [0.1, 0.15) is 35.8 Å². The quantitative estimate of drug-likeness (QED) is 0.633. The molecule has 0 radical (unpaired) electrons. The molecule has 1 heterocycles. The Hall–Kier alpha value is -2.82. The van der Waals surface area contributed by atoms with Gasteiger partial charge in [0, 0.05) is 18.0 Å². The Labute approximate surface area is 145 Å². The van der Waals surface area contributed by atoms with Gasteiger partial charge in [0.05, 0.1) is 12.1 Å². The Kier molecular flexibility index (Phi) is 5.03. The van der Waals surface area contributed by atoms with Gasteiger partial charge in [0.1, 0.15) is 17.3 Å². The fraction of sp³-hybridized carbons (Fsp3) is 0.250. The van der Waals surface area contributed by atoms with Crippen molar-refractivity contribution >= 4 is 16.9 Å². The fourth-order valence-corrected chi connectivity index (χ4v) is 2.85. The van der Waals surface area contributed by atoms with Crippen molar-refractivity contribution in [1.29, 1.82) is 0 Å². The summed E-state index contributed by atoms with van der Waals surface area (Å²) < 4.78 is 21.4. The van der Waals surface area contributed by atoms with Crippen LogP contribution in [0.15, 0.2) is 48.5 Å². The molecule has 1 aromatic heterocycles. The number of carbonyl (C=O) groups is 1. The first kappa shape index (κ1) is 17.0. The highest BCUT2D eigenvalue weighted by atomic mass is 19.1. The average molecular weight is 341 g/mol. The lowest BCUT2D eigenvalue weighted by atomic mass is 10.2. The molecule has 25 heavy (non-hydrogen) atoms. The maximum Gasteiger partial charge on any atom is 0.352 e. The zero-order chi connectivity index (χ0) is 17.8. The van der Waals surface area contributed by atoms with Gasteiger partial charge in [0.15, 0.2) is 0 Å². The minimum atomic E-state index is -1.05. The zero-order valence-corrected chi connectivity index (χ0v) is 14.0. The van der Waals surface area contributed by atoms with Crippen LogP contribution in [0.25, 0.3) is 10.9 Å². The molecule has 0 aliphatic rings. The molecule has 5 heteroatoms. The van der Waals surface area contributed by atoms with Crippen molar-refractivity contribution in [3.8, 4) is 5.75 Å². The largest absolute Gasteiger partial charge is 0.493 e. The maximum absolute atomic E-state index is 14.1. The predicted molar refractivity (Wildman–Crippen MR) is 94.8 cm³/mol. The van der Waals surface area contributed by atoms with Crippen LogP contribution in [-0.2, 0) is 6.54 Å². The highest BCUT2D eigenvalue weighted by Crippen LogP contribution is 2.31. The first-order valence-electron chi connectivity index (χ1n) is 8.33. The molecule has 0 bridgehead atoms. The van der Waals surface area contributed by atoms with Gasteiger partial charge >= 0.3 is 5.97 Å². The number of halogens is 1. The van der Waals surface area contributed by atoms with Crippen LogP contribution < -0.4 is 4.74 Å². The van der Waals surface area contributed by atoms with Crippen molar-refractivity contribution in [3.63, 3.8) is 0 Å². The number of fused-ring (bicyclic) bond motifs is 1. The van der Waals surface area contributed by atoms with Gasteiger partial charge in [-0.2, -0.15) is 0 Å². The Morgan fingerprint density at radius 2 is 1.96 bits per heavy atom. The molecule has 130 valence electrons. The number of aromatic carboxylic acids is 1. The van der Waals surface area contributed by atoms with Gasteiger partial charge in [-0.05, 0) is 24.1 Å². The molecule has 0 saturated carbocycles. The molecule has 0 aliphatic carbocycles. The van der Waals surface area contributed by atoms with Crippen LogP contribution >= 0.6 is 0 Å². The van der Waals surface area contributed by atoms with Gasteiger partial charge < -0.3 is 14.4 Å². The summed E-state index contributed by atoms with van der Waals surface area (Å²) in [5, 5.41) is 10.2. The summed E-state index contributed by atoms with van der Waals surface area (Å²) in [6.45, 7) is 2.87. The molecule has 0 unspecified atom stereocenters. The lowest BCUT2D eigenvalue weighted by Crippen LogP contribution is -2.09. The Balaban J connectivity index is 2.10. The van der Waals surface area contributed by atoms with Gasteiger partial charge in [0.25, 0.3) is 0 Å². The summed E-state index contributed by atoms with van der Waals surface area (Å²) in [7, 11) is 0. The number of unbranched alkanes of at least 4 members (excludes halogenated alkanes) is 1. The van der Waals surface area contributed by atoms with E-state index < -0.39 is 11.8 Å². The van der Waals surface area contributed by atoms with Crippen molar-refractivity contribution < 1.29 is 19.0 Å². The molecule has 0 amide bonds. The molecule has 4 nitrogen and oxygen atoms in total. The number of hydrogen-bond acceptors (Lipinski definition) is 2. The smallest absolute Gasteiger partial charge is 0.352 e. The first-order chi connectivity index (χ1) is 12.1. The minimum Gasteiger partial charge on any atom is -0.493 e. The second-order valence-corrected chi connectivity index (χ2v) is 5.95. The van der Waals surface area contributed by atoms with E-state index in [-0.39, 0.29) is 5.69 Å². The van der Waals surface area contributed by atoms with E-state index in [1.54, 1.807) is 10.6 Å². The predicted octanol–water partition coefficient (Wildman–Crippen LogP) is 4.71. The second-order valence-electron chi connectivity index (χ2n) is 5.95. The molecule has 0 spiro atoms. The average Bonchev–Trinajstić information content (AvgIpc) is 2.95. The summed E-state index contributed by atoms with van der Waals surface area (Å²) in [5.74, 6) is -1.10. The molecule has 0 atom stereocenters. The monoisotopic (exact) mass is 341 g/mol. The number of aromatic nitrogens is 1. The van der Waals surface area contributed by atoms with Gasteiger partial charge in [-0.1, -0.05) is 43.7 Å². The van der Waals surface area contributed by atoms with E-state index in [9.17, 15) is 14.3 Å². The Bertz CT molecular complexity index is 887. The van der Waals surface area contributed by atoms with Crippen molar-refractivity contribution in [1.82, 2.24) is 4.57 Å². The van der Waals surface area contributed by atoms with Crippen molar-refractivity contribution in [2.75, 3.05) is 6.61 Å². The number of ether oxygens (including phenoxy) is 1. The van der Waals surface area contributed by atoms with Crippen LogP contribution in [0.5, 0.6) is 5.75 Å². The van der Waals surface area contributed by atoms with Crippen LogP contribution in [0.2, 0.25) is 0 Å². The maximum atomic E-state index is 14.1. The number of carboxylic acids is 1. The molecule has 2 aromatic carbocycles. The number of benzene rings is 2. The molecule has 1 N–H and O–H groups in total. The summed E-state index contributed by atoms with van der Waals surface area (Å²) in [5.41, 5.74) is 1.58. The Morgan fingerprint density at radius 1 is 1.20 bits per heavy atom. The number of hydrogen-bond donors (Lipinski definition) is 1. The highest BCUT2D eigenvalue weighted by Gasteiger charge is 2.19. The molecular weight excluding hydrogens is 321 g/mol. The molecule has 0 aliphatic heterocycles. The number of nitrogens with zero attached hydrogens (tertiary/aromatic N) is 1. The van der Waals surface area contributed by atoms with E-state index in [0.29, 0.717) is 29.8 Å². The fourth-order valence-electron chi connectivity index (χ4n) is 2.85. The molecule has 3 aromatic rings. The summed E-state index contributed by atoms with van der Waals surface area (Å²) >= 11 is 0. The van der Waals surface area contributed by atoms with E-state index in [1.165, 1.54) is 12.1 Å². The summed E-state index contributed by atoms with van der Waals surface area (Å²) in [6.07, 6.45) is 1.82. The van der Waals surface area contributed by atoms with Crippen molar-refractivity contribution in [3.05, 3.63) is 65.6 Å². The van der Waals surface area contributed by atoms with E-state index in [1.807, 2.05) is 37.3 Å². The van der Waals surface area contributed by atoms with E-state index in [0.717, 1.165) is 18.4 Å². The second kappa shape index (κ2) is 7.38. The van der Waals surface area contributed by atoms with Crippen LogP contribution in [0.3, 0.4) is 0 Å². The van der Waals surface area contributed by atoms with Crippen LogP contribution in [0.4, 0.5) is 4.39 Å². The SMILES string of the molecule is CCCCOc1cc(F)cc2c1cc(C(=O)O)n2Cc1ccccc1. The topological polar surface area (TPSA) is 51.5 Å². The Morgan fingerprint density at radius 3 is 2.64 bits per heavy atom. The molecule has 0 fully saturated rings. The van der Waals surface area contributed by atoms with E-state index in [4.69, 9.17) is 4.74 Å². The number of carboxylic acid groups (broad SMARTS) is 1. The van der Waals surface area contributed by atoms with Crippen LogP contribution in [-0.4, -0.2) is 22.2 Å². The molecule has 0 saturated heterocycles. The van der Waals surface area contributed by atoms with Gasteiger partial charge in [0.2, 0.25) is 0 Å². The summed E-state index contributed by atoms with van der Waals surface area (Å²) in [6, 6.07) is 13.7. The highest BCUT2D eigenvalue weighted by molar-refractivity contribution is 5.97. The lowest BCUT2D eigenvalue weighted by molar-refractivity contribution is 0.0686. The number of rotatable bonds is 7. The third-order valence-electron chi connectivity index (χ3n) is 4.11. The van der Waals surface area contributed by atoms with Crippen LogP contribution in [0, 0.1) is 5.82 Å². The van der Waals surface area contributed by atoms with Gasteiger partial charge in [-0.25, -0.2) is 9.18 Å². The zero-order valence-electron chi connectivity index (χ0n) is 14.0. The van der Waals surface area contributed by atoms with E-state index >= 15 is 0 Å². The first-order valence-corrected chi connectivity index (χ1v) is 8.33. The molecule has 3 rings (SSSR count). The lowest BCUT2D eigenvalue weighted by Gasteiger charge is -2.10. The van der Waals surface area contributed by atoms with E-state index in [2.05, 4.69) is 0 Å². The minimum absolute atomic E-state index is 0.116. The molecular formula is C20H20FNO3. The summed E-state index contributed by atoms with van der Waals surface area (Å²) in [4.78, 5) is 11.7. The standard InChI is InChI=1S/C20H20FNO3/c1-2-3-9-25-19-11-15(21)10-17-16(19)12-18(20(23)24)22(17)13-14-7-5-4-6-8-14/h4-8,10-12H,2-3,9,13H2,1H3,(H,23,24).